The van der Waals surface area contributed by atoms with Gasteiger partial charge in [0.1, 0.15) is 18.3 Å². The van der Waals surface area contributed by atoms with Crippen LogP contribution < -0.4 is 15.0 Å². The van der Waals surface area contributed by atoms with Gasteiger partial charge in [-0.25, -0.2) is 4.98 Å². The standard InChI is InChI=1S/C20H15ClF5N5O3/c21-20(25,26)34-13-3-1-12(2-4-13)28-18(32)11-7-14(15-8-16(30-29-15)19(22,23)24)17(27-9-11)31-5-6-33-10-31/h1-4,7-9H,5-6,10H2,(H,28,32)(H,29,30). The Morgan fingerprint density at radius 1 is 1.18 bits per heavy atom. The molecule has 1 aliphatic heterocycles. The fourth-order valence-corrected chi connectivity index (χ4v) is 3.25. The molecule has 3 heterocycles. The zero-order valence-electron chi connectivity index (χ0n) is 17.0. The van der Waals surface area contributed by atoms with Gasteiger partial charge < -0.3 is 19.7 Å². The predicted octanol–water partition coefficient (Wildman–Crippen LogP) is 4.70. The first-order chi connectivity index (χ1) is 16.0. The molecule has 3 aromatic rings. The monoisotopic (exact) mass is 503 g/mol. The van der Waals surface area contributed by atoms with E-state index in [9.17, 15) is 26.7 Å². The van der Waals surface area contributed by atoms with Crippen LogP contribution in [0, 0.1) is 0 Å². The van der Waals surface area contributed by atoms with Crippen molar-refractivity contribution >= 4 is 29.0 Å². The van der Waals surface area contributed by atoms with Crippen molar-refractivity contribution in [3.05, 3.63) is 53.9 Å². The number of H-pyrrole nitrogens is 1. The Kier molecular flexibility index (Phi) is 6.32. The van der Waals surface area contributed by atoms with E-state index in [-0.39, 0.29) is 35.0 Å². The summed E-state index contributed by atoms with van der Waals surface area (Å²) in [5.41, 5.74) is -4.49. The van der Waals surface area contributed by atoms with Crippen LogP contribution in [0.2, 0.25) is 0 Å². The van der Waals surface area contributed by atoms with Crippen LogP contribution in [0.4, 0.5) is 33.5 Å². The normalized spacial score (nSPS) is 14.4. The van der Waals surface area contributed by atoms with Gasteiger partial charge in [0.15, 0.2) is 5.69 Å². The lowest BCUT2D eigenvalue weighted by Crippen LogP contribution is -2.21. The smallest absolute Gasteiger partial charge is 0.420 e. The molecule has 1 saturated heterocycles. The van der Waals surface area contributed by atoms with Crippen LogP contribution in [0.15, 0.2) is 42.6 Å². The fourth-order valence-electron chi connectivity index (χ4n) is 3.16. The quantitative estimate of drug-likeness (QED) is 0.374. The third-order valence-electron chi connectivity index (χ3n) is 4.69. The molecule has 0 bridgehead atoms. The molecule has 0 atom stereocenters. The maximum atomic E-state index is 13.0. The van der Waals surface area contributed by atoms with Crippen LogP contribution in [0.1, 0.15) is 16.1 Å². The number of pyridine rings is 1. The lowest BCUT2D eigenvalue weighted by molar-refractivity contribution is -0.141. The van der Waals surface area contributed by atoms with E-state index in [0.29, 0.717) is 19.0 Å². The Bertz CT molecular complexity index is 1170. The van der Waals surface area contributed by atoms with Crippen molar-refractivity contribution in [3.8, 4) is 17.0 Å². The zero-order valence-corrected chi connectivity index (χ0v) is 17.8. The van der Waals surface area contributed by atoms with Crippen LogP contribution in [0.3, 0.4) is 0 Å². The minimum atomic E-state index is -4.66. The van der Waals surface area contributed by atoms with Crippen molar-refractivity contribution in [1.82, 2.24) is 15.2 Å². The van der Waals surface area contributed by atoms with Crippen molar-refractivity contribution in [2.45, 2.75) is 11.7 Å². The average molecular weight is 504 g/mol. The predicted molar refractivity (Wildman–Crippen MR) is 111 cm³/mol. The van der Waals surface area contributed by atoms with Crippen LogP contribution in [-0.4, -0.2) is 46.5 Å². The van der Waals surface area contributed by atoms with E-state index >= 15 is 0 Å². The molecule has 2 aromatic heterocycles. The first kappa shape index (κ1) is 23.7. The summed E-state index contributed by atoms with van der Waals surface area (Å²) < 4.78 is 74.0. The van der Waals surface area contributed by atoms with Crippen LogP contribution >= 0.6 is 11.6 Å². The number of carbonyl (C=O) groups is 1. The summed E-state index contributed by atoms with van der Waals surface area (Å²) in [7, 11) is 0. The number of nitrogens with one attached hydrogen (secondary N) is 2. The van der Waals surface area contributed by atoms with Crippen molar-refractivity contribution in [3.63, 3.8) is 0 Å². The Morgan fingerprint density at radius 3 is 2.50 bits per heavy atom. The molecule has 1 amide bonds. The molecule has 0 aliphatic carbocycles. The first-order valence-corrected chi connectivity index (χ1v) is 10.0. The van der Waals surface area contributed by atoms with Gasteiger partial charge in [-0.05, 0) is 36.4 Å². The van der Waals surface area contributed by atoms with Crippen molar-refractivity contribution < 1.29 is 36.2 Å². The molecule has 0 spiro atoms. The second kappa shape index (κ2) is 9.06. The number of ether oxygens (including phenoxy) is 2. The van der Waals surface area contributed by atoms with Crippen LogP contribution in [0.25, 0.3) is 11.3 Å². The molecule has 8 nitrogen and oxygen atoms in total. The van der Waals surface area contributed by atoms with E-state index in [1.54, 1.807) is 4.90 Å². The third-order valence-corrected chi connectivity index (χ3v) is 4.76. The fraction of sp³-hybridized carbons (Fsp3) is 0.250. The number of nitrogens with zero attached hydrogens (tertiary/aromatic N) is 3. The second-order valence-corrected chi connectivity index (χ2v) is 7.53. The summed E-state index contributed by atoms with van der Waals surface area (Å²) in [4.78, 5) is 18.7. The lowest BCUT2D eigenvalue weighted by Gasteiger charge is -2.18. The number of benzene rings is 1. The highest BCUT2D eigenvalue weighted by atomic mass is 35.5. The van der Waals surface area contributed by atoms with Gasteiger partial charge in [-0.1, -0.05) is 0 Å². The molecule has 1 aliphatic rings. The van der Waals surface area contributed by atoms with Gasteiger partial charge in [0, 0.05) is 35.6 Å². The Labute approximate surface area is 193 Å². The molecule has 1 fully saturated rings. The van der Waals surface area contributed by atoms with E-state index in [0.717, 1.165) is 6.07 Å². The minimum Gasteiger partial charge on any atom is -0.420 e. The lowest BCUT2D eigenvalue weighted by atomic mass is 10.1. The minimum absolute atomic E-state index is 0.0138. The number of aromatic nitrogens is 3. The number of amides is 1. The summed E-state index contributed by atoms with van der Waals surface area (Å²) in [5.74, 6) is -0.543. The van der Waals surface area contributed by atoms with E-state index in [1.165, 1.54) is 36.5 Å². The van der Waals surface area contributed by atoms with Crippen molar-refractivity contribution in [2.75, 3.05) is 30.1 Å². The number of anilines is 2. The van der Waals surface area contributed by atoms with E-state index in [2.05, 4.69) is 25.2 Å². The Morgan fingerprint density at radius 2 is 1.91 bits per heavy atom. The third kappa shape index (κ3) is 5.54. The molecule has 0 saturated carbocycles. The number of alkyl halides is 6. The van der Waals surface area contributed by atoms with Gasteiger partial charge >= 0.3 is 11.7 Å². The largest absolute Gasteiger partial charge is 0.487 e. The van der Waals surface area contributed by atoms with Gasteiger partial charge in [-0.2, -0.15) is 18.3 Å². The molecule has 1 aromatic carbocycles. The molecular weight excluding hydrogens is 489 g/mol. The summed E-state index contributed by atoms with van der Waals surface area (Å²) in [5, 5.41) is 8.19. The summed E-state index contributed by atoms with van der Waals surface area (Å²) in [6, 6.07) is 7.17. The molecular formula is C20H15ClF5N5O3. The maximum absolute atomic E-state index is 13.0. The van der Waals surface area contributed by atoms with Crippen molar-refractivity contribution in [1.29, 1.82) is 0 Å². The number of carbonyl (C=O) groups excluding carboxylic acids is 1. The van der Waals surface area contributed by atoms with Crippen LogP contribution in [0.5, 0.6) is 5.75 Å². The molecule has 0 unspecified atom stereocenters. The topological polar surface area (TPSA) is 92.4 Å². The van der Waals surface area contributed by atoms with E-state index in [4.69, 9.17) is 16.3 Å². The Balaban J connectivity index is 1.60. The molecule has 0 radical (unpaired) electrons. The first-order valence-electron chi connectivity index (χ1n) is 9.62. The highest BCUT2D eigenvalue weighted by Crippen LogP contribution is 2.34. The molecule has 14 heteroatoms. The number of halogens is 6. The zero-order chi connectivity index (χ0) is 24.5. The average Bonchev–Trinajstić information content (AvgIpc) is 3.46. The van der Waals surface area contributed by atoms with Crippen molar-refractivity contribution in [2.24, 2.45) is 0 Å². The number of rotatable bonds is 6. The highest BCUT2D eigenvalue weighted by Gasteiger charge is 2.34. The SMILES string of the molecule is O=C(Nc1ccc(OC(F)(F)Cl)cc1)c1cnc(N2CCOC2)c(-c2cc(C(F)(F)F)n[nH]2)c1. The van der Waals surface area contributed by atoms with Gasteiger partial charge in [-0.15, -0.1) is 8.78 Å². The summed E-state index contributed by atoms with van der Waals surface area (Å²) >= 11 is 4.71. The molecule has 4 rings (SSSR count). The molecule has 34 heavy (non-hydrogen) atoms. The van der Waals surface area contributed by atoms with E-state index < -0.39 is 23.3 Å². The van der Waals surface area contributed by atoms with Gasteiger partial charge in [0.2, 0.25) is 0 Å². The Hall–Kier alpha value is -3.45. The number of aromatic amines is 1. The summed E-state index contributed by atoms with van der Waals surface area (Å²) in [6.45, 7) is 1.05. The van der Waals surface area contributed by atoms with Crippen LogP contribution in [-0.2, 0) is 10.9 Å². The van der Waals surface area contributed by atoms with E-state index in [1.807, 2.05) is 0 Å². The molecule has 2 N–H and O–H groups in total. The van der Waals surface area contributed by atoms with Gasteiger partial charge in [-0.3, -0.25) is 9.89 Å². The van der Waals surface area contributed by atoms with Gasteiger partial charge in [0.05, 0.1) is 17.9 Å². The number of hydrogen-bond acceptors (Lipinski definition) is 6. The highest BCUT2D eigenvalue weighted by molar-refractivity contribution is 6.20. The van der Waals surface area contributed by atoms with Gasteiger partial charge in [0.25, 0.3) is 5.91 Å². The molecule has 180 valence electrons. The second-order valence-electron chi connectivity index (χ2n) is 7.09. The maximum Gasteiger partial charge on any atom is 0.487 e. The number of hydrogen-bond donors (Lipinski definition) is 2. The summed E-state index contributed by atoms with van der Waals surface area (Å²) in [6.07, 6.45) is -3.39.